The molecule has 0 saturated carbocycles. The molecule has 0 spiro atoms. The average molecular weight is 519 g/mol. The average Bonchev–Trinajstić information content (AvgIpc) is 2.93. The van der Waals surface area contributed by atoms with Crippen LogP contribution in [0.1, 0.15) is 58.9 Å². The number of nitrogens with zero attached hydrogens (tertiary/aromatic N) is 2. The van der Waals surface area contributed by atoms with Gasteiger partial charge >= 0.3 is 0 Å². The summed E-state index contributed by atoms with van der Waals surface area (Å²) in [6.45, 7) is 4.26. The molecule has 1 heterocycles. The van der Waals surface area contributed by atoms with E-state index < -0.39 is 0 Å². The molecule has 1 atom stereocenters. The number of hydrogen-bond acceptors (Lipinski definition) is 3. The van der Waals surface area contributed by atoms with Crippen LogP contribution in [-0.2, 0) is 6.42 Å². The summed E-state index contributed by atoms with van der Waals surface area (Å²) in [6.07, 6.45) is 4.41. The van der Waals surface area contributed by atoms with Crippen LogP contribution in [0.4, 0.5) is 0 Å². The van der Waals surface area contributed by atoms with E-state index in [2.05, 4.69) is 12.1 Å². The summed E-state index contributed by atoms with van der Waals surface area (Å²) in [5.74, 6) is 0.439. The van der Waals surface area contributed by atoms with Crippen LogP contribution < -0.4 is 4.74 Å². The molecule has 0 aliphatic carbocycles. The highest BCUT2D eigenvalue weighted by Gasteiger charge is 2.28. The van der Waals surface area contributed by atoms with Crippen LogP contribution in [0.15, 0.2) is 78.9 Å². The summed E-state index contributed by atoms with van der Waals surface area (Å²) in [5, 5.41) is 0.446. The van der Waals surface area contributed by atoms with Gasteiger partial charge in [-0.25, -0.2) is 0 Å². The fourth-order valence-corrected chi connectivity index (χ4v) is 5.07. The topological polar surface area (TPSA) is 49.9 Å². The normalized spacial score (nSPS) is 17.5. The minimum absolute atomic E-state index is 0.0150. The molecule has 0 saturated heterocycles. The van der Waals surface area contributed by atoms with Gasteiger partial charge in [-0.2, -0.15) is 0 Å². The monoisotopic (exact) mass is 518 g/mol. The highest BCUT2D eigenvalue weighted by Crippen LogP contribution is 2.25. The van der Waals surface area contributed by atoms with Gasteiger partial charge in [-0.3, -0.25) is 9.59 Å². The minimum atomic E-state index is -0.237. The minimum Gasteiger partial charge on any atom is -0.491 e. The molecule has 37 heavy (non-hydrogen) atoms. The van der Waals surface area contributed by atoms with Crippen LogP contribution in [0.3, 0.4) is 0 Å². The van der Waals surface area contributed by atoms with Crippen LogP contribution in [0.5, 0.6) is 5.75 Å². The van der Waals surface area contributed by atoms with Crippen molar-refractivity contribution in [1.82, 2.24) is 9.80 Å². The molecule has 0 N–H and O–H groups in total. The second-order valence-corrected chi connectivity index (χ2v) is 9.84. The first-order chi connectivity index (χ1) is 18.1. The lowest BCUT2D eigenvalue weighted by Crippen LogP contribution is -2.46. The Hall–Kier alpha value is -3.31. The Bertz CT molecular complexity index is 1180. The third-order valence-corrected chi connectivity index (χ3v) is 7.24. The van der Waals surface area contributed by atoms with E-state index in [1.807, 2.05) is 71.3 Å². The number of rotatable bonds is 4. The van der Waals surface area contributed by atoms with Crippen molar-refractivity contribution in [2.45, 2.75) is 45.1 Å². The molecule has 0 bridgehead atoms. The van der Waals surface area contributed by atoms with Crippen molar-refractivity contribution in [2.75, 3.05) is 26.2 Å². The Morgan fingerprint density at radius 1 is 0.892 bits per heavy atom. The van der Waals surface area contributed by atoms with E-state index in [9.17, 15) is 9.59 Å². The summed E-state index contributed by atoms with van der Waals surface area (Å²) in [4.78, 5) is 31.0. The maximum Gasteiger partial charge on any atom is 0.257 e. The number of hydrogen-bond donors (Lipinski definition) is 0. The van der Waals surface area contributed by atoms with Gasteiger partial charge in [0.25, 0.3) is 11.8 Å². The van der Waals surface area contributed by atoms with E-state index in [4.69, 9.17) is 16.3 Å². The Morgan fingerprint density at radius 3 is 2.32 bits per heavy atom. The van der Waals surface area contributed by atoms with Gasteiger partial charge in [-0.05, 0) is 56.0 Å². The zero-order chi connectivity index (χ0) is 26.0. The molecule has 1 aliphatic heterocycles. The maximum absolute atomic E-state index is 13.9. The van der Waals surface area contributed by atoms with Crippen LogP contribution in [-0.4, -0.2) is 53.9 Å². The fraction of sp³-hybridized carbons (Fsp3) is 0.355. The third kappa shape index (κ3) is 6.92. The third-order valence-electron chi connectivity index (χ3n) is 6.91. The zero-order valence-corrected chi connectivity index (χ0v) is 22.2. The highest BCUT2D eigenvalue weighted by atomic mass is 35.5. The second kappa shape index (κ2) is 13.3. The molecule has 6 heteroatoms. The number of amides is 2. The molecule has 2 amide bonds. The van der Waals surface area contributed by atoms with Crippen molar-refractivity contribution >= 4 is 23.4 Å². The predicted molar refractivity (Wildman–Crippen MR) is 148 cm³/mol. The predicted octanol–water partition coefficient (Wildman–Crippen LogP) is 6.51. The molecular weight excluding hydrogens is 484 g/mol. The molecule has 0 fully saturated rings. The number of carbonyl (C=O) groups is 2. The molecule has 5 nitrogen and oxygen atoms in total. The van der Waals surface area contributed by atoms with E-state index in [0.717, 1.165) is 31.2 Å². The first kappa shape index (κ1) is 26.7. The molecule has 0 unspecified atom stereocenters. The van der Waals surface area contributed by atoms with Crippen LogP contribution in [0, 0.1) is 0 Å². The van der Waals surface area contributed by atoms with Crippen LogP contribution in [0.2, 0.25) is 5.02 Å². The molecule has 3 aromatic rings. The van der Waals surface area contributed by atoms with Gasteiger partial charge in [0, 0.05) is 19.6 Å². The maximum atomic E-state index is 13.9. The lowest BCUT2D eigenvalue weighted by molar-refractivity contribution is 0.0597. The lowest BCUT2D eigenvalue weighted by atomic mass is 10.0. The quantitative estimate of drug-likeness (QED) is 0.395. The number of fused-ring (bicyclic) bond motifs is 1. The van der Waals surface area contributed by atoms with Gasteiger partial charge in [0.2, 0.25) is 0 Å². The van der Waals surface area contributed by atoms with Crippen molar-refractivity contribution in [3.8, 4) is 5.75 Å². The molecule has 3 aromatic carbocycles. The Morgan fingerprint density at radius 2 is 1.57 bits per heavy atom. The van der Waals surface area contributed by atoms with E-state index >= 15 is 0 Å². The van der Waals surface area contributed by atoms with Crippen molar-refractivity contribution < 1.29 is 14.3 Å². The molecule has 4 rings (SSSR count). The van der Waals surface area contributed by atoms with Gasteiger partial charge < -0.3 is 14.5 Å². The smallest absolute Gasteiger partial charge is 0.257 e. The molecule has 1 aliphatic rings. The highest BCUT2D eigenvalue weighted by molar-refractivity contribution is 6.33. The first-order valence-corrected chi connectivity index (χ1v) is 13.6. The standard InChI is InChI=1S/C31H35ClN2O3/c1-2-33-20-12-3-4-13-21-34(31(36)26-16-8-10-18-28(26)32)25(22-24-14-6-5-7-15-24)23-37-29-19-11-9-17-27(29)30(33)35/h5-11,14-19,25H,2-4,12-13,20-23H2,1H3/t25-/m1/s1. The van der Waals surface area contributed by atoms with Crippen molar-refractivity contribution in [2.24, 2.45) is 0 Å². The summed E-state index contributed by atoms with van der Waals surface area (Å²) in [7, 11) is 0. The number of carbonyl (C=O) groups excluding carboxylic acids is 2. The van der Waals surface area contributed by atoms with Crippen LogP contribution in [0.25, 0.3) is 0 Å². The second-order valence-electron chi connectivity index (χ2n) is 9.43. The van der Waals surface area contributed by atoms with Gasteiger partial charge in [-0.15, -0.1) is 0 Å². The fourth-order valence-electron chi connectivity index (χ4n) is 4.85. The summed E-state index contributed by atoms with van der Waals surface area (Å²) < 4.78 is 6.35. The van der Waals surface area contributed by atoms with E-state index in [-0.39, 0.29) is 24.5 Å². The van der Waals surface area contributed by atoms with Gasteiger partial charge in [-0.1, -0.05) is 79.0 Å². The molecular formula is C31H35ClN2O3. The van der Waals surface area contributed by atoms with Crippen molar-refractivity contribution in [3.05, 3.63) is 101 Å². The number of benzene rings is 3. The van der Waals surface area contributed by atoms with E-state index in [1.165, 1.54) is 0 Å². The Labute approximate surface area is 225 Å². The lowest BCUT2D eigenvalue weighted by Gasteiger charge is -2.33. The summed E-state index contributed by atoms with van der Waals surface area (Å²) in [6, 6.07) is 24.5. The van der Waals surface area contributed by atoms with Gasteiger partial charge in [0.05, 0.1) is 22.2 Å². The van der Waals surface area contributed by atoms with E-state index in [0.29, 0.717) is 48.0 Å². The molecule has 0 aromatic heterocycles. The molecule has 194 valence electrons. The molecule has 0 radical (unpaired) electrons. The van der Waals surface area contributed by atoms with Gasteiger partial charge in [0.1, 0.15) is 12.4 Å². The van der Waals surface area contributed by atoms with Crippen molar-refractivity contribution in [3.63, 3.8) is 0 Å². The van der Waals surface area contributed by atoms with Crippen LogP contribution >= 0.6 is 11.6 Å². The largest absolute Gasteiger partial charge is 0.491 e. The SMILES string of the molecule is CCN1CCCCCCN(C(=O)c2ccccc2Cl)[C@H](Cc2ccccc2)COc2ccccc2C1=O. The Kier molecular flexibility index (Phi) is 9.61. The number of para-hydroxylation sites is 1. The zero-order valence-electron chi connectivity index (χ0n) is 21.4. The first-order valence-electron chi connectivity index (χ1n) is 13.2. The summed E-state index contributed by atoms with van der Waals surface area (Å²) >= 11 is 6.45. The van der Waals surface area contributed by atoms with Crippen molar-refractivity contribution in [1.29, 1.82) is 0 Å². The van der Waals surface area contributed by atoms with Gasteiger partial charge in [0.15, 0.2) is 0 Å². The number of ether oxygens (including phenoxy) is 1. The summed E-state index contributed by atoms with van der Waals surface area (Å²) in [5.41, 5.74) is 2.18. The Balaban J connectivity index is 1.70. The number of halogens is 1. The van der Waals surface area contributed by atoms with E-state index in [1.54, 1.807) is 12.1 Å².